The molecule has 12 nitrogen and oxygen atoms in total. The number of ether oxygens (including phenoxy) is 4. The lowest BCUT2D eigenvalue weighted by Gasteiger charge is -2.47. The number of primary amides is 1. The van der Waals surface area contributed by atoms with Gasteiger partial charge in [0.1, 0.15) is 28.9 Å². The maximum absolute atomic E-state index is 13.0. The normalized spacial score (nSPS) is 21.2. The predicted octanol–water partition coefficient (Wildman–Crippen LogP) is 3.92. The van der Waals surface area contributed by atoms with Crippen molar-refractivity contribution in [3.8, 4) is 11.5 Å². The minimum atomic E-state index is -1.47. The second-order valence-electron chi connectivity index (χ2n) is 11.1. The first-order valence-electron chi connectivity index (χ1n) is 13.6. The quantitative estimate of drug-likeness (QED) is 0.220. The summed E-state index contributed by atoms with van der Waals surface area (Å²) in [4.78, 5) is 37.4. The molecule has 1 fully saturated rings. The minimum absolute atomic E-state index is 0.0666. The number of hydrogen-bond acceptors (Lipinski definition) is 10. The third-order valence-corrected chi connectivity index (χ3v) is 7.19. The van der Waals surface area contributed by atoms with Crippen LogP contribution in [-0.2, 0) is 20.6 Å². The van der Waals surface area contributed by atoms with E-state index in [0.717, 1.165) is 5.57 Å². The molecular formula is C31H36N2O10. The summed E-state index contributed by atoms with van der Waals surface area (Å²) >= 11 is 0. The highest BCUT2D eigenvalue weighted by Crippen LogP contribution is 2.36. The van der Waals surface area contributed by atoms with Gasteiger partial charge in [-0.15, -0.1) is 0 Å². The van der Waals surface area contributed by atoms with Gasteiger partial charge in [0.05, 0.1) is 5.60 Å². The van der Waals surface area contributed by atoms with Crippen LogP contribution in [-0.4, -0.2) is 59.5 Å². The average molecular weight is 597 g/mol. The Kier molecular flexibility index (Phi) is 9.14. The highest BCUT2D eigenvalue weighted by Gasteiger charge is 2.53. The van der Waals surface area contributed by atoms with E-state index in [1.54, 1.807) is 39.0 Å². The lowest BCUT2D eigenvalue weighted by molar-refractivity contribution is -0.304. The van der Waals surface area contributed by atoms with Crippen LogP contribution in [0.1, 0.15) is 49.2 Å². The number of methoxy groups -OCH3 is 1. The number of aliphatic hydroxyl groups excluding tert-OH is 1. The molecule has 2 aromatic carbocycles. The molecule has 4 atom stereocenters. The summed E-state index contributed by atoms with van der Waals surface area (Å²) in [7, 11) is 1.39. The highest BCUT2D eigenvalue weighted by molar-refractivity contribution is 6.05. The fourth-order valence-corrected chi connectivity index (χ4v) is 4.99. The van der Waals surface area contributed by atoms with E-state index in [-0.39, 0.29) is 28.3 Å². The van der Waals surface area contributed by atoms with Crippen molar-refractivity contribution in [1.82, 2.24) is 0 Å². The number of phenols is 1. The molecule has 43 heavy (non-hydrogen) atoms. The summed E-state index contributed by atoms with van der Waals surface area (Å²) in [6.07, 6.45) is -3.50. The second kappa shape index (κ2) is 12.5. The molecule has 5 N–H and O–H groups in total. The molecule has 2 heterocycles. The van der Waals surface area contributed by atoms with E-state index in [1.807, 2.05) is 19.9 Å². The fraction of sp³-hybridized carbons (Fsp3) is 0.387. The van der Waals surface area contributed by atoms with Crippen LogP contribution in [0.5, 0.6) is 11.5 Å². The van der Waals surface area contributed by atoms with E-state index in [9.17, 15) is 24.6 Å². The van der Waals surface area contributed by atoms with Crippen molar-refractivity contribution >= 4 is 28.7 Å². The van der Waals surface area contributed by atoms with Crippen LogP contribution >= 0.6 is 0 Å². The average Bonchev–Trinajstić information content (AvgIpc) is 2.92. The topological polar surface area (TPSA) is 180 Å². The van der Waals surface area contributed by atoms with E-state index in [2.05, 4.69) is 5.32 Å². The number of aliphatic hydroxyl groups is 1. The number of allylic oxidation sites excluding steroid dienone is 2. The Morgan fingerprint density at radius 2 is 1.88 bits per heavy atom. The van der Waals surface area contributed by atoms with Gasteiger partial charge < -0.3 is 44.6 Å². The lowest BCUT2D eigenvalue weighted by atomic mass is 9.89. The lowest BCUT2D eigenvalue weighted by Crippen LogP contribution is -2.65. The summed E-state index contributed by atoms with van der Waals surface area (Å²) in [5.41, 5.74) is 5.81. The second-order valence-corrected chi connectivity index (χ2v) is 11.1. The molecule has 1 aliphatic heterocycles. The Morgan fingerprint density at radius 1 is 1.16 bits per heavy atom. The van der Waals surface area contributed by atoms with E-state index < -0.39 is 47.8 Å². The summed E-state index contributed by atoms with van der Waals surface area (Å²) in [5, 5.41) is 24.2. The van der Waals surface area contributed by atoms with Crippen LogP contribution in [0.2, 0.25) is 0 Å². The number of hydrogen-bond donors (Lipinski definition) is 4. The molecule has 0 radical (unpaired) electrons. The van der Waals surface area contributed by atoms with Gasteiger partial charge in [-0.1, -0.05) is 11.6 Å². The molecule has 0 spiro atoms. The molecule has 1 aliphatic rings. The number of amides is 2. The molecule has 1 saturated heterocycles. The molecule has 1 aromatic heterocycles. The molecule has 0 aliphatic carbocycles. The maximum atomic E-state index is 13.0. The summed E-state index contributed by atoms with van der Waals surface area (Å²) < 4.78 is 28.0. The first-order chi connectivity index (χ1) is 20.2. The smallest absolute Gasteiger partial charge is 0.404 e. The van der Waals surface area contributed by atoms with Crippen molar-refractivity contribution in [3.05, 3.63) is 75.2 Å². The van der Waals surface area contributed by atoms with Gasteiger partial charge in [-0.2, -0.15) is 0 Å². The minimum Gasteiger partial charge on any atom is -0.508 e. The van der Waals surface area contributed by atoms with Gasteiger partial charge in [-0.25, -0.2) is 9.59 Å². The number of nitrogens with two attached hydrogens (primary N) is 1. The van der Waals surface area contributed by atoms with E-state index in [0.29, 0.717) is 22.9 Å². The van der Waals surface area contributed by atoms with Crippen molar-refractivity contribution in [2.24, 2.45) is 5.73 Å². The molecule has 4 rings (SSSR count). The Hall–Kier alpha value is -4.39. The Morgan fingerprint density at radius 3 is 2.53 bits per heavy atom. The van der Waals surface area contributed by atoms with E-state index in [4.69, 9.17) is 29.1 Å². The largest absolute Gasteiger partial charge is 0.508 e. The van der Waals surface area contributed by atoms with Crippen molar-refractivity contribution in [2.45, 2.75) is 71.2 Å². The molecular weight excluding hydrogens is 560 g/mol. The summed E-state index contributed by atoms with van der Waals surface area (Å²) in [6.45, 7) is 8.89. The van der Waals surface area contributed by atoms with Crippen molar-refractivity contribution < 1.29 is 43.2 Å². The standard InChI is InChI=1S/C31H36N2O10/c1-15(2)7-8-17-13-19(9-11-21(17)34)27(36)33-20-14-18-10-12-22(16(3)24(18)41-28(20)37)40-29-23(35)25(42-30(32)38)26(39-6)31(4,5)43-29/h7,9-14,23,25-26,29,34-35H,8H2,1-6H3,(H2,32,38)(H,33,36)/t23?,25-,26?,29-/m1/s1. The van der Waals surface area contributed by atoms with Crippen molar-refractivity contribution in [1.29, 1.82) is 0 Å². The highest BCUT2D eigenvalue weighted by atomic mass is 16.7. The van der Waals surface area contributed by atoms with Crippen LogP contribution in [0, 0.1) is 6.92 Å². The first-order valence-corrected chi connectivity index (χ1v) is 13.6. The number of aryl methyl sites for hydroxylation is 1. The van der Waals surface area contributed by atoms with Gasteiger partial charge in [-0.05, 0) is 83.0 Å². The molecule has 230 valence electrons. The number of phenolic OH excluding ortho intramolecular Hbond substituents is 1. The molecule has 2 unspecified atom stereocenters. The number of fused-ring (bicyclic) bond motifs is 1. The molecule has 0 saturated carbocycles. The third kappa shape index (κ3) is 6.82. The van der Waals surface area contributed by atoms with Gasteiger partial charge in [0.25, 0.3) is 5.91 Å². The maximum Gasteiger partial charge on any atom is 0.404 e. The van der Waals surface area contributed by atoms with E-state index >= 15 is 0 Å². The van der Waals surface area contributed by atoms with Crippen LogP contribution < -0.4 is 21.4 Å². The summed E-state index contributed by atoms with van der Waals surface area (Å²) in [5.74, 6) is -0.249. The van der Waals surface area contributed by atoms with Gasteiger partial charge in [-0.3, -0.25) is 4.79 Å². The molecule has 0 bridgehead atoms. The van der Waals surface area contributed by atoms with Gasteiger partial charge in [0, 0.05) is 23.6 Å². The Labute approximate surface area is 248 Å². The number of carbonyl (C=O) groups excluding carboxylic acids is 2. The predicted molar refractivity (Wildman–Crippen MR) is 157 cm³/mol. The Bertz CT molecular complexity index is 1620. The molecule has 3 aromatic rings. The SMILES string of the molecule is COC1[C@H](OC(N)=O)C(O)[C@H](Oc2ccc3cc(NC(=O)c4ccc(O)c(CC=C(C)C)c4)c(=O)oc3c2C)OC1(C)C. The number of carbonyl (C=O) groups is 2. The number of rotatable bonds is 8. The Balaban J connectivity index is 1.58. The third-order valence-electron chi connectivity index (χ3n) is 7.19. The van der Waals surface area contributed by atoms with Gasteiger partial charge >= 0.3 is 11.7 Å². The van der Waals surface area contributed by atoms with Crippen LogP contribution in [0.25, 0.3) is 11.0 Å². The van der Waals surface area contributed by atoms with Gasteiger partial charge in [0.2, 0.25) is 6.29 Å². The summed E-state index contributed by atoms with van der Waals surface area (Å²) in [6, 6.07) is 9.15. The van der Waals surface area contributed by atoms with E-state index in [1.165, 1.54) is 25.3 Å². The van der Waals surface area contributed by atoms with Crippen LogP contribution in [0.15, 0.2) is 57.3 Å². The number of aromatic hydroxyl groups is 1. The zero-order valence-electron chi connectivity index (χ0n) is 24.8. The van der Waals surface area contributed by atoms with Crippen LogP contribution in [0.4, 0.5) is 10.5 Å². The zero-order valence-corrected chi connectivity index (χ0v) is 24.8. The number of benzene rings is 2. The molecule has 12 heteroatoms. The van der Waals surface area contributed by atoms with Crippen molar-refractivity contribution in [2.75, 3.05) is 12.4 Å². The number of anilines is 1. The van der Waals surface area contributed by atoms with Gasteiger partial charge in [0.15, 0.2) is 12.2 Å². The monoisotopic (exact) mass is 596 g/mol. The number of nitrogens with one attached hydrogen (secondary N) is 1. The van der Waals surface area contributed by atoms with Crippen LogP contribution in [0.3, 0.4) is 0 Å². The van der Waals surface area contributed by atoms with Crippen molar-refractivity contribution in [3.63, 3.8) is 0 Å². The fourth-order valence-electron chi connectivity index (χ4n) is 4.99. The zero-order chi connectivity index (χ0) is 31.6. The molecule has 2 amide bonds. The first kappa shape index (κ1) is 31.5.